The fraction of sp³-hybridized carbons (Fsp3) is 0.333. The van der Waals surface area contributed by atoms with Crippen molar-refractivity contribution in [2.45, 2.75) is 19.4 Å². The van der Waals surface area contributed by atoms with Gasteiger partial charge in [0, 0.05) is 6.04 Å². The van der Waals surface area contributed by atoms with Gasteiger partial charge in [-0.3, -0.25) is 0 Å². The van der Waals surface area contributed by atoms with Crippen molar-refractivity contribution in [1.29, 1.82) is 0 Å². The van der Waals surface area contributed by atoms with Crippen molar-refractivity contribution >= 4 is 17.3 Å². The van der Waals surface area contributed by atoms with Gasteiger partial charge in [-0.05, 0) is 18.1 Å². The summed E-state index contributed by atoms with van der Waals surface area (Å²) in [5.41, 5.74) is 11.7. The molecule has 4 heteroatoms. The molecule has 72 valence electrons. The second-order valence-corrected chi connectivity index (χ2v) is 3.26. The predicted molar refractivity (Wildman–Crippen MR) is 53.0 cm³/mol. The lowest BCUT2D eigenvalue weighted by Crippen LogP contribution is -2.10. The van der Waals surface area contributed by atoms with Crippen molar-refractivity contribution in [2.24, 2.45) is 5.73 Å². The van der Waals surface area contributed by atoms with Crippen LogP contribution >= 0.6 is 11.6 Å². The molecule has 0 amide bonds. The molecule has 2 nitrogen and oxygen atoms in total. The molecule has 13 heavy (non-hydrogen) atoms. The van der Waals surface area contributed by atoms with Gasteiger partial charge in [0.25, 0.3) is 0 Å². The lowest BCUT2D eigenvalue weighted by atomic mass is 10.0. The topological polar surface area (TPSA) is 52.0 Å². The van der Waals surface area contributed by atoms with Gasteiger partial charge in [-0.25, -0.2) is 4.39 Å². The molecule has 0 aromatic heterocycles. The van der Waals surface area contributed by atoms with Gasteiger partial charge in [0.2, 0.25) is 0 Å². The van der Waals surface area contributed by atoms with E-state index >= 15 is 0 Å². The average Bonchev–Trinajstić information content (AvgIpc) is 2.13. The number of hydrogen-bond acceptors (Lipinski definition) is 2. The van der Waals surface area contributed by atoms with Crippen molar-refractivity contribution in [3.8, 4) is 0 Å². The molecule has 0 saturated heterocycles. The summed E-state index contributed by atoms with van der Waals surface area (Å²) < 4.78 is 13.2. The van der Waals surface area contributed by atoms with Crippen LogP contribution in [0.15, 0.2) is 12.1 Å². The van der Waals surface area contributed by atoms with E-state index in [0.717, 1.165) is 0 Å². The maximum absolute atomic E-state index is 13.2. The summed E-state index contributed by atoms with van der Waals surface area (Å²) >= 11 is 5.74. The molecule has 0 unspecified atom stereocenters. The SMILES string of the molecule is CC[C@@H](N)c1ccc(N)c(F)c1Cl. The van der Waals surface area contributed by atoms with E-state index in [1.54, 1.807) is 6.07 Å². The molecule has 0 heterocycles. The molecular formula is C9H12ClFN2. The molecule has 0 fully saturated rings. The standard InChI is InChI=1S/C9H12ClFN2/c1-2-6(12)5-3-4-7(13)9(11)8(5)10/h3-4,6H,2,12-13H2,1H3/t6-/m1/s1. The van der Waals surface area contributed by atoms with E-state index in [4.69, 9.17) is 23.1 Å². The van der Waals surface area contributed by atoms with E-state index < -0.39 is 5.82 Å². The summed E-state index contributed by atoms with van der Waals surface area (Å²) in [6, 6.07) is 2.91. The zero-order chi connectivity index (χ0) is 10.0. The van der Waals surface area contributed by atoms with Gasteiger partial charge in [0.05, 0.1) is 10.7 Å². The number of anilines is 1. The Bertz CT molecular complexity index is 315. The number of hydrogen-bond donors (Lipinski definition) is 2. The highest BCUT2D eigenvalue weighted by Crippen LogP contribution is 2.29. The lowest BCUT2D eigenvalue weighted by molar-refractivity contribution is 0.621. The van der Waals surface area contributed by atoms with Crippen LogP contribution in [0.1, 0.15) is 24.9 Å². The Morgan fingerprint density at radius 2 is 2.15 bits per heavy atom. The minimum Gasteiger partial charge on any atom is -0.396 e. The van der Waals surface area contributed by atoms with Crippen LogP contribution in [-0.2, 0) is 0 Å². The Balaban J connectivity index is 3.18. The fourth-order valence-corrected chi connectivity index (χ4v) is 1.40. The highest BCUT2D eigenvalue weighted by molar-refractivity contribution is 6.31. The summed E-state index contributed by atoms with van der Waals surface area (Å²) in [6.07, 6.45) is 0.711. The molecule has 1 atom stereocenters. The number of rotatable bonds is 2. The van der Waals surface area contributed by atoms with Gasteiger partial charge in [-0.15, -0.1) is 0 Å². The van der Waals surface area contributed by atoms with E-state index in [1.807, 2.05) is 6.92 Å². The summed E-state index contributed by atoms with van der Waals surface area (Å²) in [5.74, 6) is -0.580. The first-order valence-electron chi connectivity index (χ1n) is 4.06. The summed E-state index contributed by atoms with van der Waals surface area (Å²) in [7, 11) is 0. The molecule has 0 saturated carbocycles. The molecule has 1 rings (SSSR count). The lowest BCUT2D eigenvalue weighted by Gasteiger charge is -2.12. The van der Waals surface area contributed by atoms with Gasteiger partial charge in [0.1, 0.15) is 0 Å². The van der Waals surface area contributed by atoms with Crippen LogP contribution in [0.4, 0.5) is 10.1 Å². The largest absolute Gasteiger partial charge is 0.396 e. The number of halogens is 2. The van der Waals surface area contributed by atoms with Crippen molar-refractivity contribution in [3.63, 3.8) is 0 Å². The molecule has 0 radical (unpaired) electrons. The maximum atomic E-state index is 13.2. The van der Waals surface area contributed by atoms with E-state index in [-0.39, 0.29) is 16.8 Å². The van der Waals surface area contributed by atoms with Crippen LogP contribution in [0.25, 0.3) is 0 Å². The minimum absolute atomic E-state index is 0.0364. The Kier molecular flexibility index (Phi) is 3.12. The number of benzene rings is 1. The molecule has 1 aromatic carbocycles. The molecule has 1 aromatic rings. The highest BCUT2D eigenvalue weighted by atomic mass is 35.5. The minimum atomic E-state index is -0.580. The first-order valence-corrected chi connectivity index (χ1v) is 4.44. The first-order chi connectivity index (χ1) is 6.07. The number of nitrogen functional groups attached to an aromatic ring is 1. The Morgan fingerprint density at radius 1 is 1.54 bits per heavy atom. The summed E-state index contributed by atoms with van der Waals surface area (Å²) in [4.78, 5) is 0. The van der Waals surface area contributed by atoms with Crippen LogP contribution in [-0.4, -0.2) is 0 Å². The van der Waals surface area contributed by atoms with Crippen LogP contribution in [0.2, 0.25) is 5.02 Å². The van der Waals surface area contributed by atoms with E-state index in [2.05, 4.69) is 0 Å². The molecule has 4 N–H and O–H groups in total. The first kappa shape index (κ1) is 10.3. The quantitative estimate of drug-likeness (QED) is 0.724. The summed E-state index contributed by atoms with van der Waals surface area (Å²) in [6.45, 7) is 1.91. The monoisotopic (exact) mass is 202 g/mol. The van der Waals surface area contributed by atoms with Gasteiger partial charge >= 0.3 is 0 Å². The van der Waals surface area contributed by atoms with Crippen LogP contribution < -0.4 is 11.5 Å². The Labute approximate surface area is 81.7 Å². The average molecular weight is 203 g/mol. The van der Waals surface area contributed by atoms with E-state index in [9.17, 15) is 4.39 Å². The third-order valence-corrected chi connectivity index (χ3v) is 2.37. The van der Waals surface area contributed by atoms with Gasteiger partial charge in [-0.1, -0.05) is 24.6 Å². The Morgan fingerprint density at radius 3 is 2.69 bits per heavy atom. The van der Waals surface area contributed by atoms with Crippen LogP contribution in [0, 0.1) is 5.82 Å². The summed E-state index contributed by atoms with van der Waals surface area (Å²) in [5, 5.41) is 0.0364. The number of nitrogens with two attached hydrogens (primary N) is 2. The zero-order valence-electron chi connectivity index (χ0n) is 7.35. The fourth-order valence-electron chi connectivity index (χ4n) is 1.09. The second kappa shape index (κ2) is 3.94. The predicted octanol–water partition coefficient (Wildman–Crippen LogP) is 2.47. The van der Waals surface area contributed by atoms with Gasteiger partial charge in [-0.2, -0.15) is 0 Å². The van der Waals surface area contributed by atoms with Crippen molar-refractivity contribution in [1.82, 2.24) is 0 Å². The maximum Gasteiger partial charge on any atom is 0.164 e. The zero-order valence-corrected chi connectivity index (χ0v) is 8.11. The van der Waals surface area contributed by atoms with E-state index in [0.29, 0.717) is 12.0 Å². The Hall–Kier alpha value is -0.800. The molecule has 0 aliphatic rings. The van der Waals surface area contributed by atoms with Crippen LogP contribution in [0.5, 0.6) is 0 Å². The van der Waals surface area contributed by atoms with Crippen LogP contribution in [0.3, 0.4) is 0 Å². The van der Waals surface area contributed by atoms with Crippen molar-refractivity contribution < 1.29 is 4.39 Å². The molecular weight excluding hydrogens is 191 g/mol. The third kappa shape index (κ3) is 1.92. The van der Waals surface area contributed by atoms with Crippen molar-refractivity contribution in [2.75, 3.05) is 5.73 Å². The normalized spacial score (nSPS) is 12.9. The van der Waals surface area contributed by atoms with Gasteiger partial charge in [0.15, 0.2) is 5.82 Å². The molecule has 0 spiro atoms. The highest BCUT2D eigenvalue weighted by Gasteiger charge is 2.13. The third-order valence-electron chi connectivity index (χ3n) is 1.98. The van der Waals surface area contributed by atoms with Crippen molar-refractivity contribution in [3.05, 3.63) is 28.5 Å². The molecule has 0 aliphatic carbocycles. The smallest absolute Gasteiger partial charge is 0.164 e. The molecule has 0 bridgehead atoms. The molecule has 0 aliphatic heterocycles. The second-order valence-electron chi connectivity index (χ2n) is 2.89. The van der Waals surface area contributed by atoms with Gasteiger partial charge < -0.3 is 11.5 Å². The van der Waals surface area contributed by atoms with E-state index in [1.165, 1.54) is 6.07 Å².